The van der Waals surface area contributed by atoms with E-state index in [0.717, 1.165) is 0 Å². The summed E-state index contributed by atoms with van der Waals surface area (Å²) in [6, 6.07) is -0.630. The zero-order chi connectivity index (χ0) is 10.5. The van der Waals surface area contributed by atoms with Crippen LogP contribution >= 0.6 is 11.6 Å². The second-order valence-corrected chi connectivity index (χ2v) is 3.99. The van der Waals surface area contributed by atoms with E-state index in [1.165, 1.54) is 5.54 Å². The second kappa shape index (κ2) is 5.25. The van der Waals surface area contributed by atoms with Crippen molar-refractivity contribution in [2.24, 2.45) is 5.73 Å². The molecule has 0 saturated carbocycles. The predicted octanol–water partition coefficient (Wildman–Crippen LogP) is 1.80. The van der Waals surface area contributed by atoms with E-state index in [-0.39, 0.29) is 0 Å². The molecule has 0 radical (unpaired) electrons. The minimum absolute atomic E-state index is 0.401. The molecule has 1 unspecified atom stereocenters. The van der Waals surface area contributed by atoms with E-state index < -0.39 is 17.6 Å². The Labute approximate surface area is 83.9 Å². The van der Waals surface area contributed by atoms with E-state index >= 15 is 0 Å². The topological polar surface area (TPSA) is 52.3 Å². The number of nitrogens with two attached hydrogens (primary N) is 1. The lowest BCUT2D eigenvalue weighted by molar-refractivity contribution is -0.156. The molecule has 2 N–H and O–H groups in total. The molecule has 0 aliphatic heterocycles. The lowest BCUT2D eigenvalue weighted by atomic mass is 10.1. The Balaban J connectivity index is 3.97. The number of rotatable bonds is 3. The van der Waals surface area contributed by atoms with Crippen LogP contribution in [0.2, 0.25) is 0 Å². The van der Waals surface area contributed by atoms with Crippen LogP contribution in [0.25, 0.3) is 0 Å². The maximum Gasteiger partial charge on any atom is 0.323 e. The molecule has 1 atom stereocenters. The minimum atomic E-state index is -0.630. The normalized spacial score (nSPS) is 14.5. The first-order chi connectivity index (χ1) is 5.87. The second-order valence-electron chi connectivity index (χ2n) is 3.74. The quantitative estimate of drug-likeness (QED) is 0.715. The van der Waals surface area contributed by atoms with Crippen LogP contribution in [-0.4, -0.2) is 17.6 Å². The van der Waals surface area contributed by atoms with Crippen molar-refractivity contribution in [1.29, 1.82) is 0 Å². The van der Waals surface area contributed by atoms with Crippen LogP contribution in [0.3, 0.4) is 0 Å². The average molecular weight is 206 g/mol. The van der Waals surface area contributed by atoms with Crippen molar-refractivity contribution in [3.63, 3.8) is 0 Å². The third kappa shape index (κ3) is 6.61. The van der Waals surface area contributed by atoms with Gasteiger partial charge in [-0.1, -0.05) is 17.7 Å². The Kier molecular flexibility index (Phi) is 5.03. The molecule has 0 aliphatic rings. The molecule has 13 heavy (non-hydrogen) atoms. The van der Waals surface area contributed by atoms with Crippen LogP contribution in [0.5, 0.6) is 0 Å². The molecule has 0 spiro atoms. The fourth-order valence-corrected chi connectivity index (χ4v) is 0.775. The lowest BCUT2D eigenvalue weighted by Crippen LogP contribution is -2.36. The van der Waals surface area contributed by atoms with Crippen LogP contribution in [0.1, 0.15) is 27.2 Å². The van der Waals surface area contributed by atoms with Gasteiger partial charge < -0.3 is 10.5 Å². The first-order valence-corrected chi connectivity index (χ1v) is 4.54. The molecule has 76 valence electrons. The van der Waals surface area contributed by atoms with Gasteiger partial charge in [0.25, 0.3) is 0 Å². The van der Waals surface area contributed by atoms with Crippen LogP contribution in [-0.2, 0) is 9.53 Å². The summed E-state index contributed by atoms with van der Waals surface area (Å²) >= 11 is 5.30. The Bertz CT molecular complexity index is 196. The molecule has 0 aromatic heterocycles. The molecule has 3 nitrogen and oxygen atoms in total. The molecular formula is C9H16ClNO2. The summed E-state index contributed by atoms with van der Waals surface area (Å²) in [7, 11) is 0. The zero-order valence-corrected chi connectivity index (χ0v) is 8.97. The summed E-state index contributed by atoms with van der Waals surface area (Å²) in [5, 5.41) is 0. The van der Waals surface area contributed by atoms with Crippen molar-refractivity contribution >= 4 is 17.6 Å². The summed E-state index contributed by atoms with van der Waals surface area (Å²) in [4.78, 5) is 11.2. The van der Waals surface area contributed by atoms with E-state index in [2.05, 4.69) is 0 Å². The van der Waals surface area contributed by atoms with Crippen molar-refractivity contribution in [3.05, 3.63) is 11.6 Å². The predicted molar refractivity (Wildman–Crippen MR) is 53.4 cm³/mol. The number of hydrogen-bond donors (Lipinski definition) is 1. The van der Waals surface area contributed by atoms with Gasteiger partial charge in [-0.25, -0.2) is 0 Å². The van der Waals surface area contributed by atoms with Gasteiger partial charge in [-0.2, -0.15) is 0 Å². The highest BCUT2D eigenvalue weighted by Crippen LogP contribution is 2.08. The zero-order valence-electron chi connectivity index (χ0n) is 8.21. The molecular weight excluding hydrogens is 190 g/mol. The smallest absolute Gasteiger partial charge is 0.323 e. The maximum absolute atomic E-state index is 11.2. The first kappa shape index (κ1) is 12.5. The number of carbonyl (C=O) groups excluding carboxylic acids is 1. The Morgan fingerprint density at radius 1 is 1.62 bits per heavy atom. The molecule has 0 rings (SSSR count). The summed E-state index contributed by atoms with van der Waals surface area (Å²) in [6.07, 6.45) is 2.02. The number of hydrogen-bond acceptors (Lipinski definition) is 3. The Morgan fingerprint density at radius 2 is 2.15 bits per heavy atom. The van der Waals surface area contributed by atoms with E-state index in [0.29, 0.717) is 6.42 Å². The molecule has 0 heterocycles. The maximum atomic E-state index is 11.2. The highest BCUT2D eigenvalue weighted by atomic mass is 35.5. The molecule has 0 amide bonds. The van der Waals surface area contributed by atoms with Gasteiger partial charge >= 0.3 is 5.97 Å². The van der Waals surface area contributed by atoms with Gasteiger partial charge in [0, 0.05) is 5.54 Å². The van der Waals surface area contributed by atoms with Crippen LogP contribution in [0.4, 0.5) is 0 Å². The fourth-order valence-electron chi connectivity index (χ4n) is 0.672. The van der Waals surface area contributed by atoms with Crippen molar-refractivity contribution < 1.29 is 9.53 Å². The highest BCUT2D eigenvalue weighted by molar-refractivity contribution is 6.25. The molecule has 0 aliphatic carbocycles. The van der Waals surface area contributed by atoms with Crippen molar-refractivity contribution in [2.75, 3.05) is 0 Å². The van der Waals surface area contributed by atoms with E-state index in [1.54, 1.807) is 26.8 Å². The van der Waals surface area contributed by atoms with E-state index in [1.807, 2.05) is 0 Å². The number of halogens is 1. The SMILES string of the molecule is CC(C)(C)OC(=O)C(N)C/C=C/Cl. The van der Waals surface area contributed by atoms with Gasteiger partial charge in [-0.15, -0.1) is 0 Å². The molecule has 0 aromatic carbocycles. The van der Waals surface area contributed by atoms with Gasteiger partial charge in [-0.05, 0) is 27.2 Å². The first-order valence-electron chi connectivity index (χ1n) is 4.10. The van der Waals surface area contributed by atoms with Crippen molar-refractivity contribution in [1.82, 2.24) is 0 Å². The largest absolute Gasteiger partial charge is 0.459 e. The standard InChI is InChI=1S/C9H16ClNO2/c1-9(2,3)13-8(12)7(11)5-4-6-10/h4,6-7H,5,11H2,1-3H3/b6-4+. The van der Waals surface area contributed by atoms with Gasteiger partial charge in [0.2, 0.25) is 0 Å². The molecule has 0 aromatic rings. The van der Waals surface area contributed by atoms with Crippen LogP contribution in [0.15, 0.2) is 11.6 Å². The summed E-state index contributed by atoms with van der Waals surface area (Å²) < 4.78 is 5.06. The fraction of sp³-hybridized carbons (Fsp3) is 0.667. The molecule has 4 heteroatoms. The number of esters is 1. The van der Waals surface area contributed by atoms with Crippen molar-refractivity contribution in [3.8, 4) is 0 Å². The van der Waals surface area contributed by atoms with Gasteiger partial charge in [0.15, 0.2) is 0 Å². The summed E-state index contributed by atoms with van der Waals surface area (Å²) in [5.74, 6) is -0.401. The molecule has 0 fully saturated rings. The number of carbonyl (C=O) groups is 1. The van der Waals surface area contributed by atoms with Crippen LogP contribution in [0, 0.1) is 0 Å². The number of ether oxygens (including phenoxy) is 1. The Hall–Kier alpha value is -0.540. The summed E-state index contributed by atoms with van der Waals surface area (Å²) in [6.45, 7) is 5.40. The lowest BCUT2D eigenvalue weighted by Gasteiger charge is -2.21. The Morgan fingerprint density at radius 3 is 2.54 bits per heavy atom. The van der Waals surface area contributed by atoms with E-state index in [9.17, 15) is 4.79 Å². The monoisotopic (exact) mass is 205 g/mol. The van der Waals surface area contributed by atoms with E-state index in [4.69, 9.17) is 22.1 Å². The third-order valence-electron chi connectivity index (χ3n) is 1.19. The molecule has 0 saturated heterocycles. The molecule has 0 bridgehead atoms. The third-order valence-corrected chi connectivity index (χ3v) is 1.37. The summed E-state index contributed by atoms with van der Waals surface area (Å²) in [5.41, 5.74) is 6.38. The average Bonchev–Trinajstić information content (AvgIpc) is 1.96. The van der Waals surface area contributed by atoms with Gasteiger partial charge in [0.1, 0.15) is 11.6 Å². The van der Waals surface area contributed by atoms with Gasteiger partial charge in [0.05, 0.1) is 0 Å². The minimum Gasteiger partial charge on any atom is -0.459 e. The van der Waals surface area contributed by atoms with Crippen molar-refractivity contribution in [2.45, 2.75) is 38.8 Å². The van der Waals surface area contributed by atoms with Crippen LogP contribution < -0.4 is 5.73 Å². The van der Waals surface area contributed by atoms with Gasteiger partial charge in [-0.3, -0.25) is 4.79 Å². The highest BCUT2D eigenvalue weighted by Gasteiger charge is 2.20.